The summed E-state index contributed by atoms with van der Waals surface area (Å²) in [5, 5.41) is 2.46. The molecule has 4 amide bonds. The van der Waals surface area contributed by atoms with E-state index in [-0.39, 0.29) is 24.5 Å². The first-order valence-electron chi connectivity index (χ1n) is 11.5. The van der Waals surface area contributed by atoms with Crippen molar-refractivity contribution in [1.29, 1.82) is 0 Å². The number of halogens is 3. The van der Waals surface area contributed by atoms with Gasteiger partial charge in [0.25, 0.3) is 5.91 Å². The van der Waals surface area contributed by atoms with Crippen LogP contribution in [-0.2, 0) is 16.1 Å². The molecule has 1 N–H and O–H groups in total. The number of carbonyl (C=O) groups is 3. The van der Waals surface area contributed by atoms with Gasteiger partial charge in [0.1, 0.15) is 5.54 Å². The Bertz CT molecular complexity index is 1170. The van der Waals surface area contributed by atoms with Crippen LogP contribution in [0.4, 0.5) is 29.3 Å². The summed E-state index contributed by atoms with van der Waals surface area (Å²) >= 11 is 1.76. The Hall–Kier alpha value is -3.32. The van der Waals surface area contributed by atoms with Gasteiger partial charge in [-0.2, -0.15) is 11.8 Å². The van der Waals surface area contributed by atoms with Crippen molar-refractivity contribution >= 4 is 41.0 Å². The van der Waals surface area contributed by atoms with Crippen LogP contribution in [0.1, 0.15) is 19.4 Å². The number of alkyl halides is 3. The second-order valence-corrected chi connectivity index (χ2v) is 10.3. The van der Waals surface area contributed by atoms with E-state index >= 15 is 0 Å². The number of hydrogen-bond donors (Lipinski definition) is 1. The SMILES string of the molecule is CC1(C)C(=O)N(c2ccc(OC(F)(F)F)c(NC(=O)CN3CCSCC3)c2)C(=O)N1Cc1ccncc1. The molecule has 1 aromatic carbocycles. The number of nitrogens with zero attached hydrogens (tertiary/aromatic N) is 4. The second-order valence-electron chi connectivity index (χ2n) is 9.09. The van der Waals surface area contributed by atoms with Crippen LogP contribution in [0.3, 0.4) is 0 Å². The van der Waals surface area contributed by atoms with Gasteiger partial charge in [0.2, 0.25) is 5.91 Å². The number of nitrogens with one attached hydrogen (secondary N) is 1. The van der Waals surface area contributed by atoms with Crippen molar-refractivity contribution in [3.63, 3.8) is 0 Å². The molecule has 0 spiro atoms. The minimum atomic E-state index is -5.01. The smallest absolute Gasteiger partial charge is 0.404 e. The van der Waals surface area contributed by atoms with Crippen molar-refractivity contribution in [3.8, 4) is 5.75 Å². The average molecular weight is 538 g/mol. The van der Waals surface area contributed by atoms with E-state index in [1.807, 2.05) is 4.90 Å². The molecule has 0 atom stereocenters. The Morgan fingerprint density at radius 2 is 1.81 bits per heavy atom. The zero-order valence-electron chi connectivity index (χ0n) is 20.2. The molecule has 2 saturated heterocycles. The van der Waals surface area contributed by atoms with Crippen molar-refractivity contribution in [2.75, 3.05) is 41.4 Å². The van der Waals surface area contributed by atoms with Crippen LogP contribution in [0, 0.1) is 0 Å². The molecule has 0 radical (unpaired) electrons. The van der Waals surface area contributed by atoms with Gasteiger partial charge in [0.15, 0.2) is 5.75 Å². The van der Waals surface area contributed by atoms with E-state index in [4.69, 9.17) is 0 Å². The summed E-state index contributed by atoms with van der Waals surface area (Å²) in [6, 6.07) is 6.10. The van der Waals surface area contributed by atoms with Gasteiger partial charge in [0, 0.05) is 43.5 Å². The Kier molecular flexibility index (Phi) is 7.64. The number of urea groups is 1. The monoisotopic (exact) mass is 537 g/mol. The highest BCUT2D eigenvalue weighted by Crippen LogP contribution is 2.38. The molecule has 2 fully saturated rings. The Labute approximate surface area is 215 Å². The summed E-state index contributed by atoms with van der Waals surface area (Å²) in [7, 11) is 0. The van der Waals surface area contributed by atoms with Crippen LogP contribution in [0.2, 0.25) is 0 Å². The van der Waals surface area contributed by atoms with Gasteiger partial charge in [0.05, 0.1) is 17.9 Å². The molecule has 1 aromatic heterocycles. The van der Waals surface area contributed by atoms with Gasteiger partial charge in [-0.25, -0.2) is 9.69 Å². The number of anilines is 2. The normalized spacial score (nSPS) is 18.3. The van der Waals surface area contributed by atoms with Crippen LogP contribution >= 0.6 is 11.8 Å². The molecule has 0 saturated carbocycles. The minimum absolute atomic E-state index is 0.00936. The van der Waals surface area contributed by atoms with Gasteiger partial charge in [-0.15, -0.1) is 13.2 Å². The fourth-order valence-corrected chi connectivity index (χ4v) is 5.10. The lowest BCUT2D eigenvalue weighted by Crippen LogP contribution is -2.43. The van der Waals surface area contributed by atoms with Crippen LogP contribution < -0.4 is 15.0 Å². The van der Waals surface area contributed by atoms with E-state index in [9.17, 15) is 27.6 Å². The van der Waals surface area contributed by atoms with E-state index in [2.05, 4.69) is 15.0 Å². The van der Waals surface area contributed by atoms with E-state index in [1.54, 1.807) is 50.1 Å². The molecule has 198 valence electrons. The molecule has 3 heterocycles. The largest absolute Gasteiger partial charge is 0.573 e. The van der Waals surface area contributed by atoms with Crippen molar-refractivity contribution in [1.82, 2.24) is 14.8 Å². The molecule has 2 aliphatic rings. The van der Waals surface area contributed by atoms with Gasteiger partial charge >= 0.3 is 12.4 Å². The average Bonchev–Trinajstić information content (AvgIpc) is 3.00. The lowest BCUT2D eigenvalue weighted by molar-refractivity contribution is -0.274. The highest BCUT2D eigenvalue weighted by molar-refractivity contribution is 7.99. The fraction of sp³-hybridized carbons (Fsp3) is 0.417. The molecule has 13 heteroatoms. The molecule has 2 aliphatic heterocycles. The maximum absolute atomic E-state index is 13.4. The van der Waals surface area contributed by atoms with Crippen LogP contribution in [0.25, 0.3) is 0 Å². The summed E-state index contributed by atoms with van der Waals surface area (Å²) in [5.74, 6) is -0.0218. The van der Waals surface area contributed by atoms with Crippen molar-refractivity contribution < 1.29 is 32.3 Å². The number of imide groups is 1. The summed E-state index contributed by atoms with van der Waals surface area (Å²) in [6.07, 6.45) is -1.87. The Morgan fingerprint density at radius 1 is 1.14 bits per heavy atom. The van der Waals surface area contributed by atoms with Gasteiger partial charge in [-0.1, -0.05) is 0 Å². The molecule has 0 aliphatic carbocycles. The van der Waals surface area contributed by atoms with E-state index in [0.29, 0.717) is 13.1 Å². The third-order valence-corrected chi connectivity index (χ3v) is 7.05. The molecule has 0 unspecified atom stereocenters. The highest BCUT2D eigenvalue weighted by atomic mass is 32.2. The van der Waals surface area contributed by atoms with Gasteiger partial charge < -0.3 is 15.0 Å². The molecular weight excluding hydrogens is 511 g/mol. The first-order valence-corrected chi connectivity index (χ1v) is 12.7. The number of hydrogen-bond acceptors (Lipinski definition) is 7. The van der Waals surface area contributed by atoms with E-state index in [0.717, 1.165) is 34.1 Å². The van der Waals surface area contributed by atoms with Crippen LogP contribution in [0.5, 0.6) is 5.75 Å². The van der Waals surface area contributed by atoms with Gasteiger partial charge in [-0.05, 0) is 49.7 Å². The van der Waals surface area contributed by atoms with E-state index in [1.165, 1.54) is 11.0 Å². The topological polar surface area (TPSA) is 95.1 Å². The first kappa shape index (κ1) is 26.7. The maximum Gasteiger partial charge on any atom is 0.573 e. The lowest BCUT2D eigenvalue weighted by atomic mass is 10.0. The number of ether oxygens (including phenoxy) is 1. The van der Waals surface area contributed by atoms with Gasteiger partial charge in [-0.3, -0.25) is 19.5 Å². The number of pyridine rings is 1. The predicted molar refractivity (Wildman–Crippen MR) is 132 cm³/mol. The molecule has 2 aromatic rings. The minimum Gasteiger partial charge on any atom is -0.404 e. The highest BCUT2D eigenvalue weighted by Gasteiger charge is 2.52. The molecular formula is C24H26F3N5O4S. The zero-order chi connectivity index (χ0) is 26.8. The second kappa shape index (κ2) is 10.6. The summed E-state index contributed by atoms with van der Waals surface area (Å²) in [5.41, 5.74) is -0.752. The van der Waals surface area contributed by atoms with Crippen molar-refractivity contribution in [2.45, 2.75) is 32.3 Å². The molecule has 4 rings (SSSR count). The van der Waals surface area contributed by atoms with Crippen molar-refractivity contribution in [3.05, 3.63) is 48.3 Å². The summed E-state index contributed by atoms with van der Waals surface area (Å²) < 4.78 is 43.2. The zero-order valence-corrected chi connectivity index (χ0v) is 21.1. The Morgan fingerprint density at radius 3 is 2.46 bits per heavy atom. The fourth-order valence-electron chi connectivity index (χ4n) is 4.12. The number of aromatic nitrogens is 1. The molecule has 37 heavy (non-hydrogen) atoms. The third-order valence-electron chi connectivity index (χ3n) is 6.11. The number of carbonyl (C=O) groups excluding carboxylic acids is 3. The number of benzene rings is 1. The first-order chi connectivity index (χ1) is 17.5. The van der Waals surface area contributed by atoms with E-state index < -0.39 is 35.5 Å². The predicted octanol–water partition coefficient (Wildman–Crippen LogP) is 3.71. The third kappa shape index (κ3) is 6.16. The number of thioether (sulfide) groups is 1. The van der Waals surface area contributed by atoms with Crippen LogP contribution in [0.15, 0.2) is 42.7 Å². The van der Waals surface area contributed by atoms with Crippen LogP contribution in [-0.4, -0.2) is 75.7 Å². The molecule has 0 bridgehead atoms. The number of rotatable bonds is 7. The van der Waals surface area contributed by atoms with Crippen molar-refractivity contribution in [2.24, 2.45) is 0 Å². The Balaban J connectivity index is 1.61. The lowest BCUT2D eigenvalue weighted by Gasteiger charge is -2.27. The quantitative estimate of drug-likeness (QED) is 0.538. The molecule has 9 nitrogen and oxygen atoms in total. The standard InChI is InChI=1S/C24H26F3N5O4S/c1-23(2)21(34)32(22(35)31(23)14-16-5-7-28-8-6-16)17-3-4-19(36-24(25,26)27)18(13-17)29-20(33)15-30-9-11-37-12-10-30/h3-8,13H,9-12,14-15H2,1-2H3,(H,29,33). The number of amides is 4. The summed E-state index contributed by atoms with van der Waals surface area (Å²) in [4.78, 5) is 47.4. The maximum atomic E-state index is 13.4. The summed E-state index contributed by atoms with van der Waals surface area (Å²) in [6.45, 7) is 4.67.